The summed E-state index contributed by atoms with van der Waals surface area (Å²) < 4.78 is 26.0. The van der Waals surface area contributed by atoms with E-state index in [1.165, 1.54) is 99.6 Å². The molecule has 0 N–H and O–H groups in total. The molecule has 4 aromatic rings. The van der Waals surface area contributed by atoms with Gasteiger partial charge < -0.3 is 14.2 Å². The summed E-state index contributed by atoms with van der Waals surface area (Å²) in [5.74, 6) is 10.8. The number of benzene rings is 2. The lowest BCUT2D eigenvalue weighted by Crippen LogP contribution is -2.74. The van der Waals surface area contributed by atoms with Crippen LogP contribution in [-0.4, -0.2) is 0 Å². The maximum atomic E-state index is 7.08. The molecule has 2 aromatic carbocycles. The molecule has 4 aliphatic heterocycles. The van der Waals surface area contributed by atoms with Crippen LogP contribution < -0.4 is 23.3 Å². The Morgan fingerprint density at radius 2 is 0.812 bits per heavy atom. The van der Waals surface area contributed by atoms with Crippen LogP contribution in [-0.2, 0) is 16.5 Å². The molecule has 8 aliphatic carbocycles. The Bertz CT molecular complexity index is 1990. The number of hydrogen-bond acceptors (Lipinski definition) is 3. The molecule has 2 aromatic heterocycles. The number of pyridine rings is 2. The van der Waals surface area contributed by atoms with Crippen molar-refractivity contribution in [1.29, 1.82) is 0 Å². The molecule has 8 saturated carbocycles. The highest BCUT2D eigenvalue weighted by Crippen LogP contribution is 2.65. The summed E-state index contributed by atoms with van der Waals surface area (Å²) in [5, 5.41) is 0. The number of fused-ring (bicyclic) bond motifs is 1. The molecule has 12 aliphatic rings. The maximum Gasteiger partial charge on any atom is 0.437 e. The smallest absolute Gasteiger partial charge is 0.437 e. The predicted molar refractivity (Wildman–Crippen MR) is 177 cm³/mol. The van der Waals surface area contributed by atoms with Crippen LogP contribution in [0.3, 0.4) is 0 Å². The molecule has 0 saturated heterocycles. The van der Waals surface area contributed by atoms with Crippen molar-refractivity contribution in [2.24, 2.45) is 35.5 Å². The fourth-order valence-corrected chi connectivity index (χ4v) is 14.9. The molecule has 48 heavy (non-hydrogen) atoms. The van der Waals surface area contributed by atoms with Gasteiger partial charge in [0.05, 0.1) is 12.1 Å². The second kappa shape index (κ2) is 7.79. The summed E-state index contributed by atoms with van der Waals surface area (Å²) in [4.78, 5) is 0. The zero-order valence-corrected chi connectivity index (χ0v) is 27.3. The van der Waals surface area contributed by atoms with Gasteiger partial charge in [-0.3, -0.25) is 0 Å². The average molecular weight is 633 g/mol. The van der Waals surface area contributed by atoms with E-state index in [9.17, 15) is 0 Å². The summed E-state index contributed by atoms with van der Waals surface area (Å²) in [6.45, 7) is 0. The Labute approximate surface area is 280 Å². The minimum Gasteiger partial charge on any atom is -0.455 e. The first kappa shape index (κ1) is 25.2. The molecule has 6 heterocycles. The van der Waals surface area contributed by atoms with Crippen molar-refractivity contribution < 1.29 is 23.3 Å². The number of ether oxygens (including phenoxy) is 3. The van der Waals surface area contributed by atoms with Crippen molar-refractivity contribution in [2.45, 2.75) is 93.5 Å². The molecule has 238 valence electrons. The van der Waals surface area contributed by atoms with Crippen molar-refractivity contribution >= 4 is 0 Å². The van der Waals surface area contributed by atoms with Gasteiger partial charge >= 0.3 is 17.4 Å². The van der Waals surface area contributed by atoms with Crippen LogP contribution in [0.4, 0.5) is 0 Å². The largest absolute Gasteiger partial charge is 0.455 e. The van der Waals surface area contributed by atoms with Gasteiger partial charge in [0.1, 0.15) is 11.5 Å². The lowest BCUT2D eigenvalue weighted by atomic mass is 9.48. The van der Waals surface area contributed by atoms with Crippen molar-refractivity contribution in [3.63, 3.8) is 0 Å². The van der Waals surface area contributed by atoms with E-state index in [0.29, 0.717) is 0 Å². The van der Waals surface area contributed by atoms with Gasteiger partial charge in [0, 0.05) is 12.1 Å². The number of nitrogens with zero attached hydrogens (tertiary/aromatic N) is 2. The first-order chi connectivity index (χ1) is 23.6. The van der Waals surface area contributed by atoms with Crippen LogP contribution >= 0.6 is 0 Å². The van der Waals surface area contributed by atoms with Crippen molar-refractivity contribution in [3.05, 3.63) is 82.9 Å². The van der Waals surface area contributed by atoms with E-state index < -0.39 is 5.66 Å². The Hall–Kier alpha value is -3.86. The zero-order chi connectivity index (χ0) is 30.7. The summed E-state index contributed by atoms with van der Waals surface area (Å²) in [7, 11) is 0. The molecule has 5 heteroatoms. The van der Waals surface area contributed by atoms with Gasteiger partial charge in [0.2, 0.25) is 0 Å². The third-order valence-electron chi connectivity index (χ3n) is 15.6. The molecule has 0 amide bonds. The average Bonchev–Trinajstić information content (AvgIpc) is 3.35. The van der Waals surface area contributed by atoms with Gasteiger partial charge in [-0.1, -0.05) is 21.3 Å². The Balaban J connectivity index is 1.09. The molecular formula is C43H40N2O3+2. The number of hydrogen-bond donors (Lipinski definition) is 0. The first-order valence-corrected chi connectivity index (χ1v) is 19.1. The Morgan fingerprint density at radius 3 is 1.19 bits per heavy atom. The second-order valence-corrected chi connectivity index (χ2v) is 18.2. The SMILES string of the molecule is c1cc2c3c(c1)Oc1cc(C45CC6CC(CC(C6)C4)C5)cc4[n+]1C31c3c(cccc3Oc3cc(C56CC7CC(CC(C7)C5)C6)cc-4[n+]31)O2. The molecular weight excluding hydrogens is 592 g/mol. The molecule has 5 nitrogen and oxygen atoms in total. The number of aromatic nitrogens is 2. The Kier molecular flexibility index (Phi) is 4.09. The predicted octanol–water partition coefficient (Wildman–Crippen LogP) is 8.79. The molecule has 8 fully saturated rings. The molecule has 1 spiro atoms. The van der Waals surface area contributed by atoms with Crippen LogP contribution in [0.15, 0.2) is 60.7 Å². The van der Waals surface area contributed by atoms with E-state index in [4.69, 9.17) is 14.2 Å². The van der Waals surface area contributed by atoms with E-state index in [1.54, 1.807) is 0 Å². The fourth-order valence-electron chi connectivity index (χ4n) is 14.9. The van der Waals surface area contributed by atoms with Crippen LogP contribution in [0.5, 0.6) is 34.8 Å². The fraction of sp³-hybridized carbons (Fsp3) is 0.488. The standard InChI is InChI=1S/C43H40N2O3/c1-3-33-39-35(5-1)47-37-15-29(41-17-23-7-24(18-41)9-25(8-23)19-41)13-31-32-14-30(42-20-26-10-27(21-42)12-28(11-26)22-42)16-38-45(32)43(39,44(31)37)40-34(46-33)4-2-6-36(40)48-38/h1-6,13-16,23-28H,7-12,17-22H2/q+2. The van der Waals surface area contributed by atoms with E-state index >= 15 is 0 Å². The molecule has 0 atom stereocenters. The highest BCUT2D eigenvalue weighted by molar-refractivity contribution is 5.68. The van der Waals surface area contributed by atoms with E-state index in [0.717, 1.165) is 81.4 Å². The summed E-state index contributed by atoms with van der Waals surface area (Å²) in [6, 6.07) is 22.9. The lowest BCUT2D eigenvalue weighted by molar-refractivity contribution is -0.943. The van der Waals surface area contributed by atoms with Crippen molar-refractivity contribution in [1.82, 2.24) is 0 Å². The normalized spacial score (nSPS) is 39.4. The van der Waals surface area contributed by atoms with Gasteiger partial charge in [-0.2, -0.15) is 0 Å². The van der Waals surface area contributed by atoms with Crippen LogP contribution in [0, 0.1) is 35.5 Å². The van der Waals surface area contributed by atoms with Gasteiger partial charge in [0.25, 0.3) is 11.4 Å². The second-order valence-electron chi connectivity index (χ2n) is 18.2. The van der Waals surface area contributed by atoms with Gasteiger partial charge in [-0.25, -0.2) is 0 Å². The lowest BCUT2D eigenvalue weighted by Gasteiger charge is -2.57. The van der Waals surface area contributed by atoms with Gasteiger partial charge in [-0.15, -0.1) is 0 Å². The van der Waals surface area contributed by atoms with Gasteiger partial charge in [-0.05, 0) is 159 Å². The van der Waals surface area contributed by atoms with E-state index in [-0.39, 0.29) is 10.8 Å². The molecule has 0 radical (unpaired) electrons. The quantitative estimate of drug-likeness (QED) is 0.179. The third-order valence-corrected chi connectivity index (χ3v) is 15.6. The highest BCUT2D eigenvalue weighted by Gasteiger charge is 2.75. The summed E-state index contributed by atoms with van der Waals surface area (Å²) in [6.07, 6.45) is 16.8. The third kappa shape index (κ3) is 2.71. The van der Waals surface area contributed by atoms with Crippen LogP contribution in [0.25, 0.3) is 11.4 Å². The zero-order valence-electron chi connectivity index (χ0n) is 27.3. The number of rotatable bonds is 2. The highest BCUT2D eigenvalue weighted by atomic mass is 16.5. The van der Waals surface area contributed by atoms with Crippen molar-refractivity contribution in [3.8, 4) is 46.1 Å². The summed E-state index contributed by atoms with van der Waals surface area (Å²) >= 11 is 0. The maximum absolute atomic E-state index is 7.08. The van der Waals surface area contributed by atoms with Crippen LogP contribution in [0.2, 0.25) is 0 Å². The minimum atomic E-state index is -0.651. The molecule has 0 unspecified atom stereocenters. The Morgan fingerprint density at radius 1 is 0.458 bits per heavy atom. The van der Waals surface area contributed by atoms with E-state index in [2.05, 4.69) is 69.8 Å². The van der Waals surface area contributed by atoms with E-state index in [1.807, 2.05) is 0 Å². The minimum absolute atomic E-state index is 0.267. The summed E-state index contributed by atoms with van der Waals surface area (Å²) in [5.41, 5.74) is 7.71. The van der Waals surface area contributed by atoms with Gasteiger partial charge in [0.15, 0.2) is 22.6 Å². The first-order valence-electron chi connectivity index (χ1n) is 19.1. The van der Waals surface area contributed by atoms with Crippen LogP contribution in [0.1, 0.15) is 99.3 Å². The topological polar surface area (TPSA) is 35.5 Å². The monoisotopic (exact) mass is 632 g/mol. The molecule has 8 bridgehead atoms. The molecule has 16 rings (SSSR count). The van der Waals surface area contributed by atoms with Crippen molar-refractivity contribution in [2.75, 3.05) is 0 Å².